The second-order valence-corrected chi connectivity index (χ2v) is 4.40. The smallest absolute Gasteiger partial charge is 0.364 e. The number of rotatable bonds is 4. The number of hydrogen-bond donors (Lipinski definition) is 2. The maximum Gasteiger partial charge on any atom is 0.417 e. The minimum absolute atomic E-state index is 0.0178. The number of nitrogens with two attached hydrogens (primary N) is 1. The van der Waals surface area contributed by atoms with Crippen molar-refractivity contribution >= 4 is 33.2 Å². The Bertz CT molecular complexity index is 592. The summed E-state index contributed by atoms with van der Waals surface area (Å²) in [5.41, 5.74) is 6.11. The maximum absolute atomic E-state index is 12.7. The zero-order valence-corrected chi connectivity index (χ0v) is 11.4. The van der Waals surface area contributed by atoms with Gasteiger partial charge in [0.25, 0.3) is 12.5 Å². The summed E-state index contributed by atoms with van der Waals surface area (Å²) in [7, 11) is 0. The van der Waals surface area contributed by atoms with Crippen LogP contribution in [-0.4, -0.2) is 18.2 Å². The third-order valence-electron chi connectivity index (χ3n) is 2.10. The van der Waals surface area contributed by atoms with Gasteiger partial charge in [-0.1, -0.05) is 15.9 Å². The van der Waals surface area contributed by atoms with E-state index in [0.29, 0.717) is 0 Å². The van der Waals surface area contributed by atoms with Crippen LogP contribution in [0.5, 0.6) is 0 Å². The minimum atomic E-state index is -4.52. The summed E-state index contributed by atoms with van der Waals surface area (Å²) in [6.07, 6.45) is -4.52. The molecule has 0 aliphatic rings. The average Bonchev–Trinajstić information content (AvgIpc) is 2.34. The number of alkyl halides is 3. The van der Waals surface area contributed by atoms with Crippen molar-refractivity contribution in [1.82, 2.24) is 0 Å². The van der Waals surface area contributed by atoms with Crippen LogP contribution in [0.15, 0.2) is 27.8 Å². The van der Waals surface area contributed by atoms with Crippen LogP contribution in [0.3, 0.4) is 0 Å². The van der Waals surface area contributed by atoms with Gasteiger partial charge in [-0.3, -0.25) is 10.2 Å². The predicted molar refractivity (Wildman–Crippen MR) is 70.9 cm³/mol. The Hall–Kier alpha value is -2.08. The number of amides is 1. The molecule has 9 heteroatoms. The van der Waals surface area contributed by atoms with Gasteiger partial charge in [-0.05, 0) is 18.2 Å². The lowest BCUT2D eigenvalue weighted by atomic mass is 10.2. The lowest BCUT2D eigenvalue weighted by Crippen LogP contribution is -2.26. The molecule has 0 aliphatic carbocycles. The molecule has 106 valence electrons. The molecule has 0 aromatic heterocycles. The zero-order valence-electron chi connectivity index (χ0n) is 9.83. The van der Waals surface area contributed by atoms with Crippen molar-refractivity contribution in [2.24, 2.45) is 10.8 Å². The third-order valence-corrected chi connectivity index (χ3v) is 2.80. The van der Waals surface area contributed by atoms with Gasteiger partial charge in [0.1, 0.15) is 0 Å². The summed E-state index contributed by atoms with van der Waals surface area (Å²) in [6.45, 7) is 6.25. The van der Waals surface area contributed by atoms with Crippen molar-refractivity contribution < 1.29 is 18.0 Å². The Labute approximate surface area is 120 Å². The third kappa shape index (κ3) is 4.24. The topological polar surface area (TPSA) is 71.8 Å². The molecule has 5 nitrogen and oxygen atoms in total. The van der Waals surface area contributed by atoms with Gasteiger partial charge in [0, 0.05) is 4.47 Å². The number of anilines is 1. The number of hydrazone groups is 1. The van der Waals surface area contributed by atoms with Crippen LogP contribution in [0.25, 0.3) is 4.85 Å². The predicted octanol–water partition coefficient (Wildman–Crippen LogP) is 2.64. The molecule has 0 saturated carbocycles. The highest BCUT2D eigenvalue weighted by Crippen LogP contribution is 2.36. The average molecular weight is 349 g/mol. The molecule has 0 spiro atoms. The molecule has 0 atom stereocenters. The van der Waals surface area contributed by atoms with Gasteiger partial charge >= 0.3 is 6.18 Å². The van der Waals surface area contributed by atoms with Gasteiger partial charge in [-0.2, -0.15) is 18.3 Å². The monoisotopic (exact) mass is 348 g/mol. The van der Waals surface area contributed by atoms with Crippen LogP contribution >= 0.6 is 15.9 Å². The van der Waals surface area contributed by atoms with E-state index < -0.39 is 17.6 Å². The minimum Gasteiger partial charge on any atom is -0.364 e. The number of carbonyl (C=O) groups is 1. The van der Waals surface area contributed by atoms with Crippen LogP contribution in [0.2, 0.25) is 0 Å². The number of primary amides is 1. The van der Waals surface area contributed by atoms with Crippen LogP contribution in [0, 0.1) is 6.57 Å². The van der Waals surface area contributed by atoms with E-state index >= 15 is 0 Å². The quantitative estimate of drug-likeness (QED) is 0.498. The van der Waals surface area contributed by atoms with Gasteiger partial charge in [0.2, 0.25) is 5.71 Å². The van der Waals surface area contributed by atoms with Crippen molar-refractivity contribution in [3.63, 3.8) is 0 Å². The lowest BCUT2D eigenvalue weighted by Gasteiger charge is -2.10. The first-order valence-corrected chi connectivity index (χ1v) is 5.87. The summed E-state index contributed by atoms with van der Waals surface area (Å²) < 4.78 is 37.9. The maximum atomic E-state index is 12.7. The van der Waals surface area contributed by atoms with Crippen LogP contribution in [-0.2, 0) is 11.0 Å². The van der Waals surface area contributed by atoms with Crippen LogP contribution in [0.1, 0.15) is 5.56 Å². The molecule has 0 heterocycles. The molecule has 0 radical (unpaired) electrons. The molecule has 1 aromatic carbocycles. The number of carbonyl (C=O) groups excluding carboxylic acids is 1. The van der Waals surface area contributed by atoms with E-state index in [1.807, 2.05) is 0 Å². The van der Waals surface area contributed by atoms with E-state index in [4.69, 9.17) is 12.3 Å². The second-order valence-electron chi connectivity index (χ2n) is 3.54. The highest BCUT2D eigenvalue weighted by Gasteiger charge is 2.33. The highest BCUT2D eigenvalue weighted by atomic mass is 79.9. The Morgan fingerprint density at radius 1 is 1.50 bits per heavy atom. The molecular weight excluding hydrogens is 341 g/mol. The fraction of sp³-hybridized carbons (Fsp3) is 0.182. The molecule has 3 N–H and O–H groups in total. The number of hydrogen-bond acceptors (Lipinski definition) is 3. The summed E-state index contributed by atoms with van der Waals surface area (Å²) in [5, 5.41) is 3.53. The highest BCUT2D eigenvalue weighted by molar-refractivity contribution is 9.10. The summed E-state index contributed by atoms with van der Waals surface area (Å²) in [6, 6.07) is 3.35. The van der Waals surface area contributed by atoms with Gasteiger partial charge in [0.05, 0.1) is 11.3 Å². The summed E-state index contributed by atoms with van der Waals surface area (Å²) in [5.74, 6) is -0.915. The normalized spacial score (nSPS) is 11.8. The number of nitrogens with one attached hydrogen (secondary N) is 1. The van der Waals surface area contributed by atoms with Crippen LogP contribution in [0.4, 0.5) is 18.9 Å². The number of halogens is 4. The van der Waals surface area contributed by atoms with Crippen molar-refractivity contribution in [3.8, 4) is 0 Å². The van der Waals surface area contributed by atoms with Crippen molar-refractivity contribution in [2.75, 3.05) is 12.0 Å². The number of benzene rings is 1. The molecular formula is C11H8BrF3N4O. The van der Waals surface area contributed by atoms with E-state index in [-0.39, 0.29) is 22.4 Å². The first-order chi connectivity index (χ1) is 9.25. The summed E-state index contributed by atoms with van der Waals surface area (Å²) in [4.78, 5) is 13.8. The molecule has 0 bridgehead atoms. The van der Waals surface area contributed by atoms with E-state index in [9.17, 15) is 18.0 Å². The standard InChI is InChI=1S/C11H8BrF3N4O/c1-17-5-9(10(16)20)19-18-6-2-3-8(12)7(4-6)11(13,14)15/h2-4,18H,5H2,(H2,16,20)/b19-9+. The van der Waals surface area contributed by atoms with E-state index in [1.54, 1.807) is 0 Å². The molecule has 0 unspecified atom stereocenters. The van der Waals surface area contributed by atoms with Crippen LogP contribution < -0.4 is 11.2 Å². The van der Waals surface area contributed by atoms with Gasteiger partial charge in [0.15, 0.2) is 0 Å². The fourth-order valence-electron chi connectivity index (χ4n) is 1.19. The van der Waals surface area contributed by atoms with Gasteiger partial charge in [-0.15, -0.1) is 0 Å². The largest absolute Gasteiger partial charge is 0.417 e. The second kappa shape index (κ2) is 6.38. The van der Waals surface area contributed by atoms with Gasteiger partial charge < -0.3 is 10.6 Å². The molecule has 0 fully saturated rings. The molecule has 0 saturated heterocycles. The Morgan fingerprint density at radius 3 is 2.65 bits per heavy atom. The zero-order chi connectivity index (χ0) is 15.3. The molecule has 1 amide bonds. The van der Waals surface area contributed by atoms with E-state index in [1.165, 1.54) is 12.1 Å². The fourth-order valence-corrected chi connectivity index (χ4v) is 1.66. The van der Waals surface area contributed by atoms with E-state index in [0.717, 1.165) is 6.07 Å². The van der Waals surface area contributed by atoms with Crippen molar-refractivity contribution in [1.29, 1.82) is 0 Å². The Balaban J connectivity index is 3.03. The SMILES string of the molecule is [C-]#[N+]C/C(=N\Nc1ccc(Br)c(C(F)(F)F)c1)C(N)=O. The summed E-state index contributed by atoms with van der Waals surface area (Å²) >= 11 is 2.80. The number of nitrogens with zero attached hydrogens (tertiary/aromatic N) is 2. The molecule has 0 aliphatic heterocycles. The first-order valence-electron chi connectivity index (χ1n) is 5.08. The van der Waals surface area contributed by atoms with Crippen molar-refractivity contribution in [2.45, 2.75) is 6.18 Å². The molecule has 20 heavy (non-hydrogen) atoms. The van der Waals surface area contributed by atoms with E-state index in [2.05, 4.69) is 31.3 Å². The Morgan fingerprint density at radius 2 is 2.15 bits per heavy atom. The molecule has 1 rings (SSSR count). The Kier molecular flexibility index (Phi) is 5.10. The van der Waals surface area contributed by atoms with Gasteiger partial charge in [-0.25, -0.2) is 6.57 Å². The first kappa shape index (κ1) is 16.0. The lowest BCUT2D eigenvalue weighted by molar-refractivity contribution is -0.138. The molecule has 1 aromatic rings. The van der Waals surface area contributed by atoms with Crippen molar-refractivity contribution in [3.05, 3.63) is 39.7 Å².